The third-order valence-electron chi connectivity index (χ3n) is 5.07. The van der Waals surface area contributed by atoms with Crippen molar-refractivity contribution in [1.82, 2.24) is 9.80 Å². The van der Waals surface area contributed by atoms with Gasteiger partial charge >= 0.3 is 0 Å². The first-order chi connectivity index (χ1) is 12.0. The van der Waals surface area contributed by atoms with Crippen molar-refractivity contribution in [3.05, 3.63) is 29.8 Å². The molecule has 1 amide bonds. The molecule has 0 aromatic heterocycles. The highest BCUT2D eigenvalue weighted by Gasteiger charge is 2.34. The van der Waals surface area contributed by atoms with Gasteiger partial charge in [-0.05, 0) is 37.0 Å². The van der Waals surface area contributed by atoms with Crippen molar-refractivity contribution >= 4 is 15.7 Å². The molecule has 6 nitrogen and oxygen atoms in total. The van der Waals surface area contributed by atoms with E-state index in [2.05, 4.69) is 0 Å². The van der Waals surface area contributed by atoms with Crippen molar-refractivity contribution in [2.24, 2.45) is 0 Å². The Morgan fingerprint density at radius 3 is 2.48 bits per heavy atom. The van der Waals surface area contributed by atoms with Gasteiger partial charge in [0, 0.05) is 25.7 Å². The van der Waals surface area contributed by atoms with E-state index in [4.69, 9.17) is 4.74 Å². The SMILES string of the molecule is COc1ccc(CN(CC(=O)N2CCCC2)C2CCS(=O)(=O)C2)cc1. The molecule has 1 atom stereocenters. The highest BCUT2D eigenvalue weighted by molar-refractivity contribution is 7.91. The van der Waals surface area contributed by atoms with Crippen LogP contribution in [0, 0.1) is 0 Å². The molecule has 0 N–H and O–H groups in total. The monoisotopic (exact) mass is 366 g/mol. The number of carbonyl (C=O) groups is 1. The molecule has 138 valence electrons. The van der Waals surface area contributed by atoms with E-state index in [0.717, 1.165) is 37.2 Å². The number of carbonyl (C=O) groups excluding carboxylic acids is 1. The van der Waals surface area contributed by atoms with Gasteiger partial charge in [-0.1, -0.05) is 12.1 Å². The molecule has 25 heavy (non-hydrogen) atoms. The molecule has 0 radical (unpaired) electrons. The molecule has 2 aliphatic heterocycles. The van der Waals surface area contributed by atoms with Crippen LogP contribution in [0.2, 0.25) is 0 Å². The van der Waals surface area contributed by atoms with Gasteiger partial charge in [-0.3, -0.25) is 9.69 Å². The minimum absolute atomic E-state index is 0.0846. The summed E-state index contributed by atoms with van der Waals surface area (Å²) in [5, 5.41) is 0. The van der Waals surface area contributed by atoms with Crippen LogP contribution in [0.25, 0.3) is 0 Å². The Kier molecular flexibility index (Phi) is 5.64. The smallest absolute Gasteiger partial charge is 0.236 e. The van der Waals surface area contributed by atoms with Crippen molar-refractivity contribution in [3.63, 3.8) is 0 Å². The lowest BCUT2D eigenvalue weighted by Gasteiger charge is -2.29. The number of amides is 1. The summed E-state index contributed by atoms with van der Waals surface area (Å²) in [6, 6.07) is 7.63. The molecule has 1 aromatic carbocycles. The minimum Gasteiger partial charge on any atom is -0.497 e. The maximum atomic E-state index is 12.6. The molecular weight excluding hydrogens is 340 g/mol. The average Bonchev–Trinajstić information content (AvgIpc) is 3.24. The molecule has 0 spiro atoms. The second kappa shape index (κ2) is 7.74. The van der Waals surface area contributed by atoms with Crippen molar-refractivity contribution in [1.29, 1.82) is 0 Å². The lowest BCUT2D eigenvalue weighted by Crippen LogP contribution is -2.44. The number of hydrogen-bond donors (Lipinski definition) is 0. The molecule has 2 saturated heterocycles. The van der Waals surface area contributed by atoms with Gasteiger partial charge in [0.25, 0.3) is 0 Å². The third kappa shape index (κ3) is 4.73. The minimum atomic E-state index is -2.98. The zero-order valence-electron chi connectivity index (χ0n) is 14.7. The summed E-state index contributed by atoms with van der Waals surface area (Å²) in [5.41, 5.74) is 1.05. The number of rotatable bonds is 6. The third-order valence-corrected chi connectivity index (χ3v) is 6.82. The maximum absolute atomic E-state index is 12.6. The highest BCUT2D eigenvalue weighted by Crippen LogP contribution is 2.22. The van der Waals surface area contributed by atoms with Gasteiger partial charge in [0.15, 0.2) is 9.84 Å². The average molecular weight is 366 g/mol. The molecule has 2 fully saturated rings. The number of sulfone groups is 1. The number of hydrogen-bond acceptors (Lipinski definition) is 5. The normalized spacial score (nSPS) is 22.5. The number of nitrogens with zero attached hydrogens (tertiary/aromatic N) is 2. The number of ether oxygens (including phenoxy) is 1. The van der Waals surface area contributed by atoms with Crippen LogP contribution in [0.1, 0.15) is 24.8 Å². The Labute approximate surface area is 149 Å². The van der Waals surface area contributed by atoms with Crippen molar-refractivity contribution < 1.29 is 17.9 Å². The molecule has 2 aliphatic rings. The summed E-state index contributed by atoms with van der Waals surface area (Å²) in [7, 11) is -1.36. The lowest BCUT2D eigenvalue weighted by atomic mass is 10.1. The molecule has 1 unspecified atom stereocenters. The van der Waals surface area contributed by atoms with E-state index in [1.165, 1.54) is 0 Å². The topological polar surface area (TPSA) is 66.9 Å². The number of benzene rings is 1. The van der Waals surface area contributed by atoms with E-state index in [0.29, 0.717) is 13.0 Å². The molecule has 0 bridgehead atoms. The first kappa shape index (κ1) is 18.2. The predicted octanol–water partition coefficient (Wildman–Crippen LogP) is 1.31. The first-order valence-corrected chi connectivity index (χ1v) is 10.6. The van der Waals surface area contributed by atoms with Crippen LogP contribution in [0.4, 0.5) is 0 Å². The molecule has 2 heterocycles. The Balaban J connectivity index is 1.72. The Morgan fingerprint density at radius 2 is 1.92 bits per heavy atom. The fourth-order valence-electron chi connectivity index (χ4n) is 3.58. The first-order valence-electron chi connectivity index (χ1n) is 8.82. The van der Waals surface area contributed by atoms with E-state index in [9.17, 15) is 13.2 Å². The molecular formula is C18H26N2O4S. The predicted molar refractivity (Wildman–Crippen MR) is 96.3 cm³/mol. The maximum Gasteiger partial charge on any atom is 0.236 e. The van der Waals surface area contributed by atoms with Crippen LogP contribution in [-0.2, 0) is 21.2 Å². The molecule has 7 heteroatoms. The van der Waals surface area contributed by atoms with Crippen molar-refractivity contribution in [2.75, 3.05) is 38.2 Å². The second-order valence-corrected chi connectivity index (χ2v) is 9.13. The van der Waals surface area contributed by atoms with Gasteiger partial charge in [0.1, 0.15) is 5.75 Å². The summed E-state index contributed by atoms with van der Waals surface area (Å²) in [6.45, 7) is 2.49. The van der Waals surface area contributed by atoms with Crippen LogP contribution >= 0.6 is 0 Å². The van der Waals surface area contributed by atoms with Crippen LogP contribution in [-0.4, -0.2) is 68.4 Å². The highest BCUT2D eigenvalue weighted by atomic mass is 32.2. The lowest BCUT2D eigenvalue weighted by molar-refractivity contribution is -0.132. The summed E-state index contributed by atoms with van der Waals surface area (Å²) in [6.07, 6.45) is 2.72. The molecule has 0 saturated carbocycles. The summed E-state index contributed by atoms with van der Waals surface area (Å²) in [4.78, 5) is 16.5. The van der Waals surface area contributed by atoms with Crippen molar-refractivity contribution in [3.8, 4) is 5.75 Å². The van der Waals surface area contributed by atoms with E-state index in [1.807, 2.05) is 34.1 Å². The van der Waals surface area contributed by atoms with E-state index in [1.54, 1.807) is 7.11 Å². The summed E-state index contributed by atoms with van der Waals surface area (Å²) >= 11 is 0. The Morgan fingerprint density at radius 1 is 1.24 bits per heavy atom. The van der Waals surface area contributed by atoms with E-state index < -0.39 is 9.84 Å². The van der Waals surface area contributed by atoms with Crippen LogP contribution in [0.5, 0.6) is 5.75 Å². The fraction of sp³-hybridized carbons (Fsp3) is 0.611. The molecule has 3 rings (SSSR count). The van der Waals surface area contributed by atoms with Crippen LogP contribution < -0.4 is 4.74 Å². The van der Waals surface area contributed by atoms with Gasteiger partial charge < -0.3 is 9.64 Å². The fourth-order valence-corrected chi connectivity index (χ4v) is 5.34. The standard InChI is InChI=1S/C18H26N2O4S/c1-24-17-6-4-15(5-7-17)12-20(16-8-11-25(22,23)14-16)13-18(21)19-9-2-3-10-19/h4-7,16H,2-3,8-14H2,1H3. The quantitative estimate of drug-likeness (QED) is 0.759. The largest absolute Gasteiger partial charge is 0.497 e. The van der Waals surface area contributed by atoms with Gasteiger partial charge in [0.2, 0.25) is 5.91 Å². The molecule has 1 aromatic rings. The summed E-state index contributed by atoms with van der Waals surface area (Å²) < 4.78 is 28.9. The Bertz CT molecular complexity index is 696. The van der Waals surface area contributed by atoms with Gasteiger partial charge in [0.05, 0.1) is 25.2 Å². The summed E-state index contributed by atoms with van der Waals surface area (Å²) in [5.74, 6) is 1.26. The Hall–Kier alpha value is -1.60. The van der Waals surface area contributed by atoms with Crippen molar-refractivity contribution in [2.45, 2.75) is 31.8 Å². The van der Waals surface area contributed by atoms with E-state index >= 15 is 0 Å². The van der Waals surface area contributed by atoms with Crippen LogP contribution in [0.15, 0.2) is 24.3 Å². The van der Waals surface area contributed by atoms with Crippen LogP contribution in [0.3, 0.4) is 0 Å². The van der Waals surface area contributed by atoms with Gasteiger partial charge in [-0.15, -0.1) is 0 Å². The van der Waals surface area contributed by atoms with Gasteiger partial charge in [-0.25, -0.2) is 8.42 Å². The number of likely N-dealkylation sites (tertiary alicyclic amines) is 1. The van der Waals surface area contributed by atoms with Gasteiger partial charge in [-0.2, -0.15) is 0 Å². The van der Waals surface area contributed by atoms with E-state index in [-0.39, 0.29) is 30.0 Å². The number of methoxy groups -OCH3 is 1. The zero-order chi connectivity index (χ0) is 17.9. The second-order valence-electron chi connectivity index (χ2n) is 6.90. The molecule has 0 aliphatic carbocycles. The zero-order valence-corrected chi connectivity index (χ0v) is 15.5.